The highest BCUT2D eigenvalue weighted by Crippen LogP contribution is 2.25. The molecule has 1 fully saturated rings. The monoisotopic (exact) mass is 231 g/mol. The van der Waals surface area contributed by atoms with E-state index in [9.17, 15) is 9.59 Å². The van der Waals surface area contributed by atoms with E-state index in [0.29, 0.717) is 17.7 Å². The molecule has 1 unspecified atom stereocenters. The number of hydrogen-bond donors (Lipinski definition) is 0. The van der Waals surface area contributed by atoms with E-state index in [1.54, 1.807) is 12.1 Å². The van der Waals surface area contributed by atoms with Crippen LogP contribution in [-0.4, -0.2) is 36.0 Å². The maximum atomic E-state index is 12.1. The molecule has 2 aliphatic heterocycles. The van der Waals surface area contributed by atoms with Gasteiger partial charge in [0.2, 0.25) is 0 Å². The smallest absolute Gasteiger partial charge is 0.261 e. The van der Waals surface area contributed by atoms with E-state index in [0.717, 1.165) is 18.6 Å². The van der Waals surface area contributed by atoms with Crippen LogP contribution in [0.4, 0.5) is 0 Å². The van der Waals surface area contributed by atoms with Crippen LogP contribution in [0.25, 0.3) is 0 Å². The van der Waals surface area contributed by atoms with Crippen molar-refractivity contribution >= 4 is 11.8 Å². The minimum absolute atomic E-state index is 0.172. The number of fused-ring (bicyclic) bond motifs is 1. The van der Waals surface area contributed by atoms with Gasteiger partial charge in [-0.1, -0.05) is 11.6 Å². The number of benzene rings is 1. The Hall–Kier alpha value is -1.68. The molecule has 1 aromatic carbocycles. The van der Waals surface area contributed by atoms with E-state index >= 15 is 0 Å². The second-order valence-corrected chi connectivity index (χ2v) is 4.55. The molecule has 0 aliphatic carbocycles. The summed E-state index contributed by atoms with van der Waals surface area (Å²) in [7, 11) is 0. The first-order valence-corrected chi connectivity index (χ1v) is 5.75. The van der Waals surface area contributed by atoms with E-state index in [2.05, 4.69) is 0 Å². The highest BCUT2D eigenvalue weighted by Gasteiger charge is 2.36. The van der Waals surface area contributed by atoms with E-state index < -0.39 is 0 Å². The number of imide groups is 1. The molecule has 3 rings (SSSR count). The third kappa shape index (κ3) is 1.74. The van der Waals surface area contributed by atoms with Gasteiger partial charge in [-0.15, -0.1) is 0 Å². The van der Waals surface area contributed by atoms with Crippen LogP contribution in [0.1, 0.15) is 32.7 Å². The molecule has 1 atom stereocenters. The maximum Gasteiger partial charge on any atom is 0.261 e. The van der Waals surface area contributed by atoms with Gasteiger partial charge in [0.25, 0.3) is 11.8 Å². The second-order valence-electron chi connectivity index (χ2n) is 4.55. The lowest BCUT2D eigenvalue weighted by molar-refractivity contribution is 0.0649. The number of epoxide rings is 1. The van der Waals surface area contributed by atoms with Gasteiger partial charge < -0.3 is 4.74 Å². The molecule has 0 bridgehead atoms. The normalized spacial score (nSPS) is 21.9. The molecule has 0 aromatic heterocycles. The highest BCUT2D eigenvalue weighted by molar-refractivity contribution is 6.21. The summed E-state index contributed by atoms with van der Waals surface area (Å²) in [5.41, 5.74) is 2.06. The standard InChI is InChI=1S/C13H13NO3/c1-8-2-3-10-11(6-8)13(16)14(12(10)15)5-4-9-7-17-9/h2-3,6,9H,4-5,7H2,1H3. The van der Waals surface area contributed by atoms with Crippen molar-refractivity contribution in [2.75, 3.05) is 13.2 Å². The molecule has 0 radical (unpaired) electrons. The van der Waals surface area contributed by atoms with Crippen molar-refractivity contribution in [3.05, 3.63) is 34.9 Å². The summed E-state index contributed by atoms with van der Waals surface area (Å²) in [6.07, 6.45) is 0.978. The average molecular weight is 231 g/mol. The fourth-order valence-corrected chi connectivity index (χ4v) is 2.12. The zero-order valence-electron chi connectivity index (χ0n) is 9.60. The molecule has 2 heterocycles. The largest absolute Gasteiger partial charge is 0.373 e. The molecule has 1 saturated heterocycles. The van der Waals surface area contributed by atoms with Crippen LogP contribution in [0, 0.1) is 6.92 Å². The van der Waals surface area contributed by atoms with Gasteiger partial charge in [-0.3, -0.25) is 14.5 Å². The number of nitrogens with zero attached hydrogens (tertiary/aromatic N) is 1. The Morgan fingerprint density at radius 2 is 2.00 bits per heavy atom. The average Bonchev–Trinajstić information content (AvgIpc) is 3.09. The van der Waals surface area contributed by atoms with E-state index in [1.807, 2.05) is 13.0 Å². The SMILES string of the molecule is Cc1ccc2c(c1)C(=O)N(CCC1CO1)C2=O. The summed E-state index contributed by atoms with van der Waals surface area (Å²) < 4.78 is 5.09. The quantitative estimate of drug-likeness (QED) is 0.583. The first kappa shape index (κ1) is 10.5. The van der Waals surface area contributed by atoms with Gasteiger partial charge in [-0.25, -0.2) is 0 Å². The summed E-state index contributed by atoms with van der Waals surface area (Å²) in [5.74, 6) is -0.347. The molecule has 4 heteroatoms. The molecule has 17 heavy (non-hydrogen) atoms. The van der Waals surface area contributed by atoms with Crippen molar-refractivity contribution in [2.24, 2.45) is 0 Å². The summed E-state index contributed by atoms with van der Waals surface area (Å²) in [5, 5.41) is 0. The number of hydrogen-bond acceptors (Lipinski definition) is 3. The van der Waals surface area contributed by atoms with Gasteiger partial charge in [0.05, 0.1) is 23.8 Å². The van der Waals surface area contributed by atoms with Gasteiger partial charge in [0, 0.05) is 6.54 Å². The Balaban J connectivity index is 1.85. The Morgan fingerprint density at radius 1 is 1.29 bits per heavy atom. The lowest BCUT2D eigenvalue weighted by Crippen LogP contribution is -2.31. The van der Waals surface area contributed by atoms with Crippen LogP contribution in [0.5, 0.6) is 0 Å². The number of aryl methyl sites for hydroxylation is 1. The summed E-state index contributed by atoms with van der Waals surface area (Å²) in [6.45, 7) is 3.12. The molecule has 0 N–H and O–H groups in total. The fraction of sp³-hybridized carbons (Fsp3) is 0.385. The molecular weight excluding hydrogens is 218 g/mol. The summed E-state index contributed by atoms with van der Waals surface area (Å²) in [6, 6.07) is 5.37. The maximum absolute atomic E-state index is 12.1. The zero-order valence-corrected chi connectivity index (χ0v) is 9.60. The molecule has 4 nitrogen and oxygen atoms in total. The Kier molecular flexibility index (Phi) is 2.26. The molecule has 2 aliphatic rings. The van der Waals surface area contributed by atoms with Crippen molar-refractivity contribution in [1.82, 2.24) is 4.90 Å². The zero-order chi connectivity index (χ0) is 12.0. The first-order valence-electron chi connectivity index (χ1n) is 5.75. The molecule has 88 valence electrons. The van der Waals surface area contributed by atoms with Gasteiger partial charge in [-0.2, -0.15) is 0 Å². The predicted molar refractivity (Wildman–Crippen MR) is 60.9 cm³/mol. The minimum atomic E-state index is -0.175. The van der Waals surface area contributed by atoms with Gasteiger partial charge in [-0.05, 0) is 25.5 Å². The first-order chi connectivity index (χ1) is 8.16. The molecule has 2 amide bonds. The molecule has 1 aromatic rings. The topological polar surface area (TPSA) is 49.9 Å². The molecular formula is C13H13NO3. The lowest BCUT2D eigenvalue weighted by Gasteiger charge is -2.12. The third-order valence-electron chi connectivity index (χ3n) is 3.20. The number of ether oxygens (including phenoxy) is 1. The number of carbonyl (C=O) groups excluding carboxylic acids is 2. The van der Waals surface area contributed by atoms with E-state index in [1.165, 1.54) is 4.90 Å². The van der Waals surface area contributed by atoms with Crippen molar-refractivity contribution in [3.8, 4) is 0 Å². The van der Waals surface area contributed by atoms with Crippen molar-refractivity contribution in [1.29, 1.82) is 0 Å². The van der Waals surface area contributed by atoms with Crippen LogP contribution in [0.2, 0.25) is 0 Å². The number of carbonyl (C=O) groups is 2. The van der Waals surface area contributed by atoms with Crippen LogP contribution < -0.4 is 0 Å². The predicted octanol–water partition coefficient (Wildman–Crippen LogP) is 1.38. The Labute approximate surface area is 99.2 Å². The second kappa shape index (κ2) is 3.67. The Morgan fingerprint density at radius 3 is 2.71 bits per heavy atom. The van der Waals surface area contributed by atoms with Crippen molar-refractivity contribution in [2.45, 2.75) is 19.4 Å². The molecule has 0 saturated carbocycles. The van der Waals surface area contributed by atoms with Crippen LogP contribution in [0.15, 0.2) is 18.2 Å². The number of amides is 2. The fourth-order valence-electron chi connectivity index (χ4n) is 2.12. The van der Waals surface area contributed by atoms with Gasteiger partial charge >= 0.3 is 0 Å². The van der Waals surface area contributed by atoms with Crippen LogP contribution in [-0.2, 0) is 4.74 Å². The minimum Gasteiger partial charge on any atom is -0.373 e. The molecule has 0 spiro atoms. The van der Waals surface area contributed by atoms with Crippen molar-refractivity contribution < 1.29 is 14.3 Å². The van der Waals surface area contributed by atoms with E-state index in [4.69, 9.17) is 4.74 Å². The Bertz CT molecular complexity index is 505. The lowest BCUT2D eigenvalue weighted by atomic mass is 10.1. The van der Waals surface area contributed by atoms with Crippen LogP contribution >= 0.6 is 0 Å². The van der Waals surface area contributed by atoms with E-state index in [-0.39, 0.29) is 17.9 Å². The van der Waals surface area contributed by atoms with Gasteiger partial charge in [0.15, 0.2) is 0 Å². The number of rotatable bonds is 3. The highest BCUT2D eigenvalue weighted by atomic mass is 16.6. The summed E-state index contributed by atoms with van der Waals surface area (Å²) in [4.78, 5) is 25.4. The van der Waals surface area contributed by atoms with Crippen molar-refractivity contribution in [3.63, 3.8) is 0 Å². The van der Waals surface area contributed by atoms with Gasteiger partial charge in [0.1, 0.15) is 0 Å². The van der Waals surface area contributed by atoms with Crippen LogP contribution in [0.3, 0.4) is 0 Å². The third-order valence-corrected chi connectivity index (χ3v) is 3.20. The summed E-state index contributed by atoms with van der Waals surface area (Å²) >= 11 is 0.